The zero-order valence-electron chi connectivity index (χ0n) is 18.4. The maximum Gasteiger partial charge on any atom is 0.309 e. The van der Waals surface area contributed by atoms with E-state index in [0.29, 0.717) is 30.2 Å². The predicted octanol–water partition coefficient (Wildman–Crippen LogP) is 4.69. The van der Waals surface area contributed by atoms with Gasteiger partial charge in [0, 0.05) is 21.5 Å². The molecule has 1 aromatic carbocycles. The van der Waals surface area contributed by atoms with Crippen LogP contribution in [-0.4, -0.2) is 30.1 Å². The first-order valence-corrected chi connectivity index (χ1v) is 10.6. The summed E-state index contributed by atoms with van der Waals surface area (Å²) in [5, 5.41) is 3.02. The van der Waals surface area contributed by atoms with Crippen LogP contribution < -0.4 is 11.1 Å². The molecule has 2 atom stereocenters. The van der Waals surface area contributed by atoms with E-state index in [1.54, 1.807) is 25.1 Å². The Morgan fingerprint density at radius 2 is 1.90 bits per heavy atom. The Morgan fingerprint density at radius 1 is 1.33 bits per heavy atom. The molecule has 0 radical (unpaired) electrons. The minimum Gasteiger partial charge on any atom is -0.466 e. The smallest absolute Gasteiger partial charge is 0.309 e. The molecular formula is C22H34ClN3O3S. The average molecular weight is 456 g/mol. The third-order valence-electron chi connectivity index (χ3n) is 3.55. The quantitative estimate of drug-likeness (QED) is 0.157. The van der Waals surface area contributed by atoms with E-state index in [1.165, 1.54) is 6.34 Å². The number of carbonyl (C=O) groups excluding carboxylic acids is 2. The van der Waals surface area contributed by atoms with Crippen LogP contribution in [-0.2, 0) is 14.3 Å². The van der Waals surface area contributed by atoms with Gasteiger partial charge in [0.15, 0.2) is 0 Å². The Kier molecular flexibility index (Phi) is 14.1. The Bertz CT molecular complexity index is 695. The molecule has 0 aromatic heterocycles. The van der Waals surface area contributed by atoms with Gasteiger partial charge in [-0.3, -0.25) is 9.59 Å². The van der Waals surface area contributed by atoms with Gasteiger partial charge in [0.2, 0.25) is 6.41 Å². The normalized spacial score (nSPS) is 13.8. The van der Waals surface area contributed by atoms with Gasteiger partial charge in [0.1, 0.15) is 0 Å². The van der Waals surface area contributed by atoms with Crippen LogP contribution in [0.3, 0.4) is 0 Å². The second kappa shape index (κ2) is 15.0. The molecule has 0 heterocycles. The highest BCUT2D eigenvalue weighted by Gasteiger charge is 2.15. The Morgan fingerprint density at radius 3 is 2.40 bits per heavy atom. The molecule has 1 aromatic rings. The lowest BCUT2D eigenvalue weighted by molar-refractivity contribution is -0.142. The molecule has 1 rings (SSSR count). The SMILES string of the molecule is CC(C)(C)S.CCOC(=O)C/C=C(\N=CNC=O)C(C)CC(N)c1ccc(Cl)cc1. The highest BCUT2D eigenvalue weighted by atomic mass is 35.5. The highest BCUT2D eigenvalue weighted by molar-refractivity contribution is 7.81. The van der Waals surface area contributed by atoms with E-state index in [1.807, 2.05) is 19.1 Å². The molecule has 3 N–H and O–H groups in total. The van der Waals surface area contributed by atoms with Crippen LogP contribution in [0, 0.1) is 5.92 Å². The van der Waals surface area contributed by atoms with Gasteiger partial charge in [-0.2, -0.15) is 12.6 Å². The van der Waals surface area contributed by atoms with E-state index in [2.05, 4.69) is 43.7 Å². The molecule has 0 saturated carbocycles. The Balaban J connectivity index is 0.00000150. The Labute approximate surface area is 190 Å². The fourth-order valence-electron chi connectivity index (χ4n) is 2.28. The third kappa shape index (κ3) is 15.1. The minimum atomic E-state index is -0.326. The summed E-state index contributed by atoms with van der Waals surface area (Å²) in [5.41, 5.74) is 7.88. The summed E-state index contributed by atoms with van der Waals surface area (Å²) < 4.78 is 5.11. The molecule has 2 unspecified atom stereocenters. The van der Waals surface area contributed by atoms with Crippen LogP contribution in [0.2, 0.25) is 5.02 Å². The average Bonchev–Trinajstić information content (AvgIpc) is 2.63. The van der Waals surface area contributed by atoms with Gasteiger partial charge in [0.05, 0.1) is 19.4 Å². The zero-order valence-corrected chi connectivity index (χ0v) is 20.0. The first kappa shape index (κ1) is 28.2. The molecule has 168 valence electrons. The molecular weight excluding hydrogens is 422 g/mol. The van der Waals surface area contributed by atoms with Crippen LogP contribution in [0.15, 0.2) is 41.0 Å². The second-order valence-corrected chi connectivity index (χ2v) is 9.42. The lowest BCUT2D eigenvalue weighted by Crippen LogP contribution is -2.16. The molecule has 30 heavy (non-hydrogen) atoms. The molecule has 8 heteroatoms. The molecule has 1 amide bonds. The summed E-state index contributed by atoms with van der Waals surface area (Å²) in [7, 11) is 0. The van der Waals surface area contributed by atoms with Crippen molar-refractivity contribution >= 4 is 42.9 Å². The van der Waals surface area contributed by atoms with Crippen molar-refractivity contribution < 1.29 is 14.3 Å². The largest absolute Gasteiger partial charge is 0.466 e. The number of hydrogen-bond donors (Lipinski definition) is 3. The topological polar surface area (TPSA) is 93.8 Å². The number of nitrogens with two attached hydrogens (primary N) is 1. The van der Waals surface area contributed by atoms with Gasteiger partial charge in [-0.05, 0) is 37.0 Å². The summed E-state index contributed by atoms with van der Waals surface area (Å²) in [6.45, 7) is 10.2. The van der Waals surface area contributed by atoms with Crippen LogP contribution in [0.4, 0.5) is 0 Å². The van der Waals surface area contributed by atoms with Crippen molar-refractivity contribution in [3.8, 4) is 0 Å². The number of aliphatic imine (C=N–C) groups is 1. The van der Waals surface area contributed by atoms with Crippen molar-refractivity contribution in [2.45, 2.75) is 58.2 Å². The van der Waals surface area contributed by atoms with Crippen molar-refractivity contribution in [1.82, 2.24) is 5.32 Å². The van der Waals surface area contributed by atoms with Crippen molar-refractivity contribution in [2.24, 2.45) is 16.6 Å². The van der Waals surface area contributed by atoms with Gasteiger partial charge < -0.3 is 15.8 Å². The standard InChI is InChI=1S/C18H24ClN3O3.C4H10S/c1-3-25-18(24)9-8-17(22-11-21-12-23)13(2)10-16(20)14-4-6-15(19)7-5-14;1-4(2,3)5/h4-8,11-13,16H,3,9-10,20H2,1-2H3,(H,21,22,23);5H,1-3H3/b17-8-;. The number of benzene rings is 1. The molecule has 0 saturated heterocycles. The fraction of sp³-hybridized carbons (Fsp3) is 0.500. The van der Waals surface area contributed by atoms with Crippen LogP contribution >= 0.6 is 24.2 Å². The van der Waals surface area contributed by atoms with Crippen molar-refractivity contribution in [3.05, 3.63) is 46.6 Å². The Hall–Kier alpha value is -1.83. The van der Waals surface area contributed by atoms with E-state index in [4.69, 9.17) is 22.1 Å². The van der Waals surface area contributed by atoms with E-state index >= 15 is 0 Å². The predicted molar refractivity (Wildman–Crippen MR) is 128 cm³/mol. The lowest BCUT2D eigenvalue weighted by atomic mass is 9.94. The third-order valence-corrected chi connectivity index (χ3v) is 3.80. The van der Waals surface area contributed by atoms with Gasteiger partial charge in [-0.25, -0.2) is 4.99 Å². The number of allylic oxidation sites excluding steroid dienone is 1. The highest BCUT2D eigenvalue weighted by Crippen LogP contribution is 2.25. The molecule has 0 aliphatic rings. The van der Waals surface area contributed by atoms with E-state index in [9.17, 15) is 9.59 Å². The van der Waals surface area contributed by atoms with Crippen LogP contribution in [0.5, 0.6) is 0 Å². The number of nitrogens with one attached hydrogen (secondary N) is 1. The molecule has 0 aliphatic heterocycles. The van der Waals surface area contributed by atoms with E-state index in [-0.39, 0.29) is 29.1 Å². The summed E-state index contributed by atoms with van der Waals surface area (Å²) in [6, 6.07) is 7.17. The van der Waals surface area contributed by atoms with Gasteiger partial charge >= 0.3 is 5.97 Å². The van der Waals surface area contributed by atoms with Crippen molar-refractivity contribution in [1.29, 1.82) is 0 Å². The molecule has 0 spiro atoms. The number of thiol groups is 1. The number of nitrogens with zero attached hydrogens (tertiary/aromatic N) is 1. The number of rotatable bonds is 10. The molecule has 0 bridgehead atoms. The fourth-order valence-corrected chi connectivity index (χ4v) is 2.40. The van der Waals surface area contributed by atoms with E-state index < -0.39 is 0 Å². The number of esters is 1. The maximum absolute atomic E-state index is 11.5. The van der Waals surface area contributed by atoms with Gasteiger partial charge in [-0.15, -0.1) is 0 Å². The number of hydrogen-bond acceptors (Lipinski definition) is 6. The summed E-state index contributed by atoms with van der Waals surface area (Å²) in [6.07, 6.45) is 4.24. The monoisotopic (exact) mass is 455 g/mol. The number of amides is 1. The zero-order chi connectivity index (χ0) is 23.2. The molecule has 0 fully saturated rings. The minimum absolute atomic E-state index is 0.0233. The van der Waals surface area contributed by atoms with Crippen molar-refractivity contribution in [3.63, 3.8) is 0 Å². The first-order chi connectivity index (χ1) is 14.0. The maximum atomic E-state index is 11.5. The number of carbonyl (C=O) groups is 2. The first-order valence-electron chi connectivity index (χ1n) is 9.79. The number of halogens is 1. The van der Waals surface area contributed by atoms with Crippen LogP contribution in [0.1, 0.15) is 59.1 Å². The number of ether oxygens (including phenoxy) is 1. The van der Waals surface area contributed by atoms with Gasteiger partial charge in [0.25, 0.3) is 0 Å². The second-order valence-electron chi connectivity index (χ2n) is 7.65. The summed E-state index contributed by atoms with van der Waals surface area (Å²) in [5.74, 6) is -0.349. The summed E-state index contributed by atoms with van der Waals surface area (Å²) >= 11 is 10.0. The van der Waals surface area contributed by atoms with Crippen molar-refractivity contribution in [2.75, 3.05) is 6.61 Å². The van der Waals surface area contributed by atoms with E-state index in [0.717, 1.165) is 5.56 Å². The molecule has 0 aliphatic carbocycles. The van der Waals surface area contributed by atoms with Crippen LogP contribution in [0.25, 0.3) is 0 Å². The van der Waals surface area contributed by atoms with Gasteiger partial charge in [-0.1, -0.05) is 57.5 Å². The lowest BCUT2D eigenvalue weighted by Gasteiger charge is -2.18. The molecule has 6 nitrogen and oxygen atoms in total. The summed E-state index contributed by atoms with van der Waals surface area (Å²) in [4.78, 5) is 26.1.